The standard InChI is InChI=1S/C10H11F2IN2O4/c11-10(12)4(3-16)6(17)1-7(10)15-2-5(13)8(18)14-9(15)19/h2,4,6-7,16-17H,1,3H2,(H,14,18,19)/t4-,6+,7+/m0/s1. The SMILES string of the molecule is O=c1[nH]c(=O)n([C@@H]2C[C@@H](O)[C@H](CO)C2(F)F)cc1I. The molecule has 0 saturated heterocycles. The topological polar surface area (TPSA) is 95.3 Å². The molecule has 2 rings (SSSR count). The molecule has 0 radical (unpaired) electrons. The summed E-state index contributed by atoms with van der Waals surface area (Å²) in [6.07, 6.45) is -0.728. The lowest BCUT2D eigenvalue weighted by Crippen LogP contribution is -2.41. The number of hydrogen-bond donors (Lipinski definition) is 3. The Hall–Kier alpha value is -0.810. The molecule has 1 aliphatic rings. The Morgan fingerprint density at radius 2 is 2.16 bits per heavy atom. The van der Waals surface area contributed by atoms with Crippen molar-refractivity contribution in [3.63, 3.8) is 0 Å². The van der Waals surface area contributed by atoms with Crippen LogP contribution in [0.1, 0.15) is 12.5 Å². The van der Waals surface area contributed by atoms with Crippen LogP contribution in [0.15, 0.2) is 15.8 Å². The molecule has 1 heterocycles. The fourth-order valence-electron chi connectivity index (χ4n) is 2.29. The number of H-pyrrole nitrogens is 1. The first-order valence-corrected chi connectivity index (χ1v) is 6.54. The minimum absolute atomic E-state index is 0.0925. The summed E-state index contributed by atoms with van der Waals surface area (Å²) in [4.78, 5) is 24.7. The van der Waals surface area contributed by atoms with Crippen molar-refractivity contribution in [1.29, 1.82) is 0 Å². The van der Waals surface area contributed by atoms with Crippen LogP contribution < -0.4 is 11.2 Å². The molecule has 1 aromatic rings. The van der Waals surface area contributed by atoms with Crippen LogP contribution in [0.2, 0.25) is 0 Å². The van der Waals surface area contributed by atoms with Gasteiger partial charge in [-0.1, -0.05) is 0 Å². The van der Waals surface area contributed by atoms with Crippen LogP contribution in [-0.2, 0) is 0 Å². The Labute approximate surface area is 119 Å². The van der Waals surface area contributed by atoms with Crippen LogP contribution in [0.3, 0.4) is 0 Å². The number of nitrogens with one attached hydrogen (secondary N) is 1. The largest absolute Gasteiger partial charge is 0.396 e. The number of alkyl halides is 2. The summed E-state index contributed by atoms with van der Waals surface area (Å²) in [7, 11) is 0. The molecule has 0 amide bonds. The molecule has 6 nitrogen and oxygen atoms in total. The number of aliphatic hydroxyl groups excluding tert-OH is 2. The van der Waals surface area contributed by atoms with Gasteiger partial charge in [-0.25, -0.2) is 13.6 Å². The van der Waals surface area contributed by atoms with Crippen LogP contribution in [0.5, 0.6) is 0 Å². The van der Waals surface area contributed by atoms with Crippen molar-refractivity contribution in [2.24, 2.45) is 5.92 Å². The van der Waals surface area contributed by atoms with Crippen molar-refractivity contribution in [1.82, 2.24) is 9.55 Å². The Morgan fingerprint density at radius 1 is 1.53 bits per heavy atom. The van der Waals surface area contributed by atoms with Crippen molar-refractivity contribution >= 4 is 22.6 Å². The maximum absolute atomic E-state index is 14.0. The summed E-state index contributed by atoms with van der Waals surface area (Å²) in [5, 5.41) is 18.5. The lowest BCUT2D eigenvalue weighted by atomic mass is 10.0. The fourth-order valence-corrected chi connectivity index (χ4v) is 2.72. The van der Waals surface area contributed by atoms with Gasteiger partial charge in [0.2, 0.25) is 0 Å². The number of nitrogens with zero attached hydrogens (tertiary/aromatic N) is 1. The molecule has 1 aliphatic carbocycles. The van der Waals surface area contributed by atoms with E-state index >= 15 is 0 Å². The van der Waals surface area contributed by atoms with Gasteiger partial charge >= 0.3 is 5.69 Å². The van der Waals surface area contributed by atoms with Gasteiger partial charge in [0.15, 0.2) is 0 Å². The Bertz CT molecular complexity index is 600. The first kappa shape index (κ1) is 14.6. The van der Waals surface area contributed by atoms with Crippen molar-refractivity contribution in [2.45, 2.75) is 24.5 Å². The summed E-state index contributed by atoms with van der Waals surface area (Å²) >= 11 is 1.62. The first-order valence-electron chi connectivity index (χ1n) is 5.46. The van der Waals surface area contributed by atoms with Gasteiger partial charge in [0.25, 0.3) is 11.5 Å². The molecule has 0 bridgehead atoms. The number of aromatic nitrogens is 2. The van der Waals surface area contributed by atoms with E-state index in [4.69, 9.17) is 5.11 Å². The highest BCUT2D eigenvalue weighted by Gasteiger charge is 2.57. The van der Waals surface area contributed by atoms with E-state index in [9.17, 15) is 23.5 Å². The molecular weight excluding hydrogens is 377 g/mol. The molecule has 3 atom stereocenters. The van der Waals surface area contributed by atoms with Crippen LogP contribution in [-0.4, -0.2) is 38.4 Å². The third kappa shape index (κ3) is 2.34. The zero-order valence-electron chi connectivity index (χ0n) is 9.52. The lowest BCUT2D eigenvalue weighted by Gasteiger charge is -2.24. The first-order chi connectivity index (χ1) is 8.78. The average Bonchev–Trinajstić information content (AvgIpc) is 2.53. The highest BCUT2D eigenvalue weighted by atomic mass is 127. The maximum atomic E-state index is 14.0. The molecule has 0 unspecified atom stereocenters. The molecule has 19 heavy (non-hydrogen) atoms. The van der Waals surface area contributed by atoms with E-state index < -0.39 is 41.8 Å². The maximum Gasteiger partial charge on any atom is 0.328 e. The Morgan fingerprint density at radius 3 is 2.68 bits per heavy atom. The lowest BCUT2D eigenvalue weighted by molar-refractivity contribution is -0.101. The zero-order valence-corrected chi connectivity index (χ0v) is 11.7. The summed E-state index contributed by atoms with van der Waals surface area (Å²) in [5.74, 6) is -5.05. The molecule has 106 valence electrons. The third-order valence-corrected chi connectivity index (χ3v) is 4.09. The number of aliphatic hydroxyl groups is 2. The minimum Gasteiger partial charge on any atom is -0.396 e. The summed E-state index contributed by atoms with van der Waals surface area (Å²) in [5.41, 5.74) is -1.61. The van der Waals surface area contributed by atoms with Gasteiger partial charge in [-0.2, -0.15) is 0 Å². The van der Waals surface area contributed by atoms with Crippen molar-refractivity contribution in [2.75, 3.05) is 6.61 Å². The zero-order chi connectivity index (χ0) is 14.4. The number of halogens is 3. The Kier molecular flexibility index (Phi) is 3.80. The Balaban J connectivity index is 2.52. The fraction of sp³-hybridized carbons (Fsp3) is 0.600. The predicted octanol–water partition coefficient (Wildman–Crippen LogP) is -0.309. The van der Waals surface area contributed by atoms with Gasteiger partial charge in [-0.15, -0.1) is 0 Å². The normalized spacial score (nSPS) is 29.6. The average molecular weight is 388 g/mol. The minimum atomic E-state index is -3.43. The van der Waals surface area contributed by atoms with E-state index in [1.54, 1.807) is 22.6 Å². The molecular formula is C10H11F2IN2O4. The second-order valence-electron chi connectivity index (χ2n) is 4.43. The highest BCUT2D eigenvalue weighted by Crippen LogP contribution is 2.47. The van der Waals surface area contributed by atoms with E-state index in [-0.39, 0.29) is 9.99 Å². The summed E-state index contributed by atoms with van der Waals surface area (Å²) in [6.45, 7) is -0.875. The van der Waals surface area contributed by atoms with E-state index in [0.29, 0.717) is 4.57 Å². The van der Waals surface area contributed by atoms with Crippen molar-refractivity contribution < 1.29 is 19.0 Å². The smallest absolute Gasteiger partial charge is 0.328 e. The van der Waals surface area contributed by atoms with Crippen LogP contribution in [0.25, 0.3) is 0 Å². The van der Waals surface area contributed by atoms with E-state index in [0.717, 1.165) is 6.20 Å². The molecule has 9 heteroatoms. The second kappa shape index (κ2) is 4.94. The van der Waals surface area contributed by atoms with Gasteiger partial charge < -0.3 is 10.2 Å². The van der Waals surface area contributed by atoms with Gasteiger partial charge in [-0.3, -0.25) is 14.3 Å². The summed E-state index contributed by atoms with van der Waals surface area (Å²) < 4.78 is 28.9. The molecule has 1 saturated carbocycles. The van der Waals surface area contributed by atoms with Gasteiger partial charge in [0.1, 0.15) is 6.04 Å². The van der Waals surface area contributed by atoms with E-state index in [1.165, 1.54) is 0 Å². The monoisotopic (exact) mass is 388 g/mol. The molecule has 0 spiro atoms. The molecule has 1 aromatic heterocycles. The van der Waals surface area contributed by atoms with E-state index in [2.05, 4.69) is 0 Å². The molecule has 1 fully saturated rings. The third-order valence-electron chi connectivity index (χ3n) is 3.32. The molecule has 3 N–H and O–H groups in total. The second-order valence-corrected chi connectivity index (χ2v) is 5.59. The number of aromatic amines is 1. The predicted molar refractivity (Wildman–Crippen MR) is 69.2 cm³/mol. The quantitative estimate of drug-likeness (QED) is 0.606. The van der Waals surface area contributed by atoms with Crippen molar-refractivity contribution in [3.05, 3.63) is 30.6 Å². The molecule has 0 aromatic carbocycles. The highest BCUT2D eigenvalue weighted by molar-refractivity contribution is 14.1. The van der Waals surface area contributed by atoms with Gasteiger partial charge in [0.05, 0.1) is 22.2 Å². The van der Waals surface area contributed by atoms with Crippen LogP contribution >= 0.6 is 22.6 Å². The van der Waals surface area contributed by atoms with Crippen molar-refractivity contribution in [3.8, 4) is 0 Å². The van der Waals surface area contributed by atoms with Gasteiger partial charge in [0, 0.05) is 12.6 Å². The van der Waals surface area contributed by atoms with Crippen LogP contribution in [0, 0.1) is 9.49 Å². The van der Waals surface area contributed by atoms with E-state index in [1.807, 2.05) is 4.98 Å². The van der Waals surface area contributed by atoms with Gasteiger partial charge in [-0.05, 0) is 22.6 Å². The van der Waals surface area contributed by atoms with Crippen LogP contribution in [0.4, 0.5) is 8.78 Å². The number of rotatable bonds is 2. The molecule has 0 aliphatic heterocycles. The number of hydrogen-bond acceptors (Lipinski definition) is 4. The summed E-state index contributed by atoms with van der Waals surface area (Å²) in [6, 6.07) is -1.59.